The van der Waals surface area contributed by atoms with Gasteiger partial charge in [-0.25, -0.2) is 9.78 Å². The number of rotatable bonds is 4. The first-order chi connectivity index (χ1) is 12.7. The average molecular weight is 373 g/mol. The average Bonchev–Trinajstić information content (AvgIpc) is 2.60. The third-order valence-corrected chi connectivity index (χ3v) is 4.34. The van der Waals surface area contributed by atoms with Crippen LogP contribution in [0.2, 0.25) is 0 Å². The number of hydrogen-bond donors (Lipinski definition) is 0. The second kappa shape index (κ2) is 8.38. The molecule has 0 saturated carbocycles. The summed E-state index contributed by atoms with van der Waals surface area (Å²) in [6.45, 7) is 10.5. The highest BCUT2D eigenvalue weighted by Crippen LogP contribution is 2.28. The van der Waals surface area contributed by atoms with Crippen LogP contribution in [0.25, 0.3) is 0 Å². The highest BCUT2D eigenvalue weighted by Gasteiger charge is 2.30. The van der Waals surface area contributed by atoms with Crippen molar-refractivity contribution in [2.24, 2.45) is 5.92 Å². The van der Waals surface area contributed by atoms with Crippen molar-refractivity contribution in [3.05, 3.63) is 22.9 Å². The summed E-state index contributed by atoms with van der Waals surface area (Å²) >= 11 is 0. The van der Waals surface area contributed by atoms with E-state index in [2.05, 4.69) is 11.1 Å². The lowest BCUT2D eigenvalue weighted by atomic mass is 9.96. The largest absolute Gasteiger partial charge is 0.462 e. The van der Waals surface area contributed by atoms with Crippen LogP contribution in [0.3, 0.4) is 0 Å². The summed E-state index contributed by atoms with van der Waals surface area (Å²) in [5, 5.41) is 9.50. The topological polar surface area (TPSA) is 92.5 Å². The Morgan fingerprint density at radius 1 is 1.33 bits per heavy atom. The smallest absolute Gasteiger partial charge is 0.340 e. The molecule has 7 nitrogen and oxygen atoms in total. The molecule has 1 aliphatic rings. The minimum absolute atomic E-state index is 0.147. The van der Waals surface area contributed by atoms with Crippen LogP contribution in [0.15, 0.2) is 6.07 Å². The standard InChI is InChI=1S/C20H27N3O4/c1-6-26-19(25)16-11-15(12-21)17(22-13(16)2)23-9-7-14(8-10-23)18(24)27-20(3,4)5/h11,14H,6-10H2,1-5H3. The van der Waals surface area contributed by atoms with Crippen LogP contribution in [-0.4, -0.2) is 42.2 Å². The number of ether oxygens (including phenoxy) is 2. The molecule has 1 aromatic heterocycles. The summed E-state index contributed by atoms with van der Waals surface area (Å²) in [6, 6.07) is 3.66. The first kappa shape index (κ1) is 20.7. The third-order valence-electron chi connectivity index (χ3n) is 4.34. The first-order valence-corrected chi connectivity index (χ1v) is 9.23. The zero-order valence-electron chi connectivity index (χ0n) is 16.7. The lowest BCUT2D eigenvalue weighted by Crippen LogP contribution is -2.39. The predicted octanol–water partition coefficient (Wildman–Crippen LogP) is 3.00. The summed E-state index contributed by atoms with van der Waals surface area (Å²) in [5.41, 5.74) is 0.668. The normalized spacial score (nSPS) is 15.2. The molecule has 0 aliphatic carbocycles. The highest BCUT2D eigenvalue weighted by molar-refractivity contribution is 5.91. The molecule has 1 saturated heterocycles. The number of anilines is 1. The van der Waals surface area contributed by atoms with Crippen LogP contribution in [-0.2, 0) is 14.3 Å². The molecule has 2 heterocycles. The molecule has 146 valence electrons. The van der Waals surface area contributed by atoms with Gasteiger partial charge in [-0.3, -0.25) is 4.79 Å². The Morgan fingerprint density at radius 3 is 2.48 bits per heavy atom. The summed E-state index contributed by atoms with van der Waals surface area (Å²) in [4.78, 5) is 30.7. The minimum atomic E-state index is -0.496. The van der Waals surface area contributed by atoms with Crippen LogP contribution in [0.4, 0.5) is 5.82 Å². The van der Waals surface area contributed by atoms with Crippen LogP contribution in [0.5, 0.6) is 0 Å². The van der Waals surface area contributed by atoms with Gasteiger partial charge in [-0.1, -0.05) is 0 Å². The van der Waals surface area contributed by atoms with Crippen molar-refractivity contribution in [1.82, 2.24) is 4.98 Å². The third kappa shape index (κ3) is 5.19. The second-order valence-corrected chi connectivity index (χ2v) is 7.62. The molecule has 0 amide bonds. The van der Waals surface area contributed by atoms with E-state index in [-0.39, 0.29) is 18.5 Å². The Bertz CT molecular complexity index is 754. The Kier molecular flexibility index (Phi) is 6.42. The Balaban J connectivity index is 2.14. The van der Waals surface area contributed by atoms with Gasteiger partial charge in [0.15, 0.2) is 0 Å². The fourth-order valence-electron chi connectivity index (χ4n) is 3.04. The molecule has 0 N–H and O–H groups in total. The lowest BCUT2D eigenvalue weighted by Gasteiger charge is -2.33. The van der Waals surface area contributed by atoms with Crippen molar-refractivity contribution in [1.29, 1.82) is 5.26 Å². The van der Waals surface area contributed by atoms with Gasteiger partial charge < -0.3 is 14.4 Å². The summed E-state index contributed by atoms with van der Waals surface area (Å²) in [7, 11) is 0. The predicted molar refractivity (Wildman–Crippen MR) is 100 cm³/mol. The molecule has 1 aromatic rings. The van der Waals surface area contributed by atoms with Crippen molar-refractivity contribution in [2.75, 3.05) is 24.6 Å². The molecule has 2 rings (SSSR count). The minimum Gasteiger partial charge on any atom is -0.462 e. The number of carbonyl (C=O) groups excluding carboxylic acids is 2. The molecule has 0 spiro atoms. The molecule has 27 heavy (non-hydrogen) atoms. The molecular formula is C20H27N3O4. The van der Waals surface area contributed by atoms with Gasteiger partial charge in [0.1, 0.15) is 17.5 Å². The first-order valence-electron chi connectivity index (χ1n) is 9.23. The van der Waals surface area contributed by atoms with Gasteiger partial charge in [-0.15, -0.1) is 0 Å². The van der Waals surface area contributed by atoms with Crippen molar-refractivity contribution < 1.29 is 19.1 Å². The Labute approximate surface area is 160 Å². The zero-order chi connectivity index (χ0) is 20.2. The quantitative estimate of drug-likeness (QED) is 0.749. The number of esters is 2. The number of aryl methyl sites for hydroxylation is 1. The van der Waals surface area contributed by atoms with E-state index in [1.165, 1.54) is 6.07 Å². The highest BCUT2D eigenvalue weighted by atomic mass is 16.6. The van der Waals surface area contributed by atoms with E-state index in [0.717, 1.165) is 0 Å². The van der Waals surface area contributed by atoms with Crippen molar-refractivity contribution >= 4 is 17.8 Å². The van der Waals surface area contributed by atoms with Crippen LogP contribution < -0.4 is 4.90 Å². The lowest BCUT2D eigenvalue weighted by molar-refractivity contribution is -0.160. The Hall–Kier alpha value is -2.62. The van der Waals surface area contributed by atoms with Gasteiger partial charge >= 0.3 is 11.9 Å². The van der Waals surface area contributed by atoms with Crippen molar-refractivity contribution in [3.8, 4) is 6.07 Å². The van der Waals surface area contributed by atoms with E-state index in [9.17, 15) is 14.9 Å². The number of nitriles is 1. The van der Waals surface area contributed by atoms with E-state index < -0.39 is 11.6 Å². The van der Waals surface area contributed by atoms with Crippen LogP contribution >= 0.6 is 0 Å². The zero-order valence-corrected chi connectivity index (χ0v) is 16.7. The summed E-state index contributed by atoms with van der Waals surface area (Å²) in [5.74, 6) is -0.254. The van der Waals surface area contributed by atoms with E-state index >= 15 is 0 Å². The van der Waals surface area contributed by atoms with Gasteiger partial charge in [0.2, 0.25) is 0 Å². The molecule has 7 heteroatoms. The van der Waals surface area contributed by atoms with Gasteiger partial charge in [0, 0.05) is 13.1 Å². The number of hydrogen-bond acceptors (Lipinski definition) is 7. The van der Waals surface area contributed by atoms with Gasteiger partial charge in [-0.2, -0.15) is 5.26 Å². The number of pyridine rings is 1. The molecule has 0 aromatic carbocycles. The maximum atomic E-state index is 12.3. The van der Waals surface area contributed by atoms with E-state index in [0.29, 0.717) is 48.6 Å². The van der Waals surface area contributed by atoms with Crippen molar-refractivity contribution in [2.45, 2.75) is 53.1 Å². The Morgan fingerprint density at radius 2 is 1.96 bits per heavy atom. The van der Waals surface area contributed by atoms with Gasteiger partial charge in [-0.05, 0) is 53.5 Å². The molecule has 0 radical (unpaired) electrons. The maximum absolute atomic E-state index is 12.3. The number of carbonyl (C=O) groups is 2. The molecule has 1 fully saturated rings. The fraction of sp³-hybridized carbons (Fsp3) is 0.600. The number of nitrogens with zero attached hydrogens (tertiary/aromatic N) is 3. The monoisotopic (exact) mass is 373 g/mol. The summed E-state index contributed by atoms with van der Waals surface area (Å²) in [6.07, 6.45) is 1.28. The SMILES string of the molecule is CCOC(=O)c1cc(C#N)c(N2CCC(C(=O)OC(C)(C)C)CC2)nc1C. The number of aromatic nitrogens is 1. The van der Waals surface area contributed by atoms with Crippen LogP contribution in [0, 0.1) is 24.2 Å². The molecule has 0 unspecified atom stereocenters. The molecule has 0 bridgehead atoms. The van der Waals surface area contributed by atoms with E-state index in [1.807, 2.05) is 25.7 Å². The molecular weight excluding hydrogens is 346 g/mol. The molecule has 1 aliphatic heterocycles. The second-order valence-electron chi connectivity index (χ2n) is 7.62. The summed E-state index contributed by atoms with van der Waals surface area (Å²) < 4.78 is 10.5. The van der Waals surface area contributed by atoms with Crippen LogP contribution in [0.1, 0.15) is 62.2 Å². The van der Waals surface area contributed by atoms with Gasteiger partial charge in [0.05, 0.1) is 29.3 Å². The van der Waals surface area contributed by atoms with E-state index in [1.54, 1.807) is 13.8 Å². The fourth-order valence-corrected chi connectivity index (χ4v) is 3.04. The molecule has 0 atom stereocenters. The maximum Gasteiger partial charge on any atom is 0.340 e. The van der Waals surface area contributed by atoms with Gasteiger partial charge in [0.25, 0.3) is 0 Å². The van der Waals surface area contributed by atoms with Crippen molar-refractivity contribution in [3.63, 3.8) is 0 Å². The van der Waals surface area contributed by atoms with E-state index in [4.69, 9.17) is 9.47 Å². The number of piperidine rings is 1.